The first-order chi connectivity index (χ1) is 10.8. The SMILES string of the molecule is CN(CCc1ccncc1)C(=O)c1cccc2ccncc12. The van der Waals surface area contributed by atoms with Gasteiger partial charge in [0.1, 0.15) is 0 Å². The molecule has 0 unspecified atom stereocenters. The highest BCUT2D eigenvalue weighted by Gasteiger charge is 2.14. The third kappa shape index (κ3) is 2.96. The summed E-state index contributed by atoms with van der Waals surface area (Å²) in [6, 6.07) is 11.6. The summed E-state index contributed by atoms with van der Waals surface area (Å²) in [4.78, 5) is 22.6. The van der Waals surface area contributed by atoms with Gasteiger partial charge in [-0.3, -0.25) is 14.8 Å². The molecule has 0 N–H and O–H groups in total. The molecule has 0 bridgehead atoms. The van der Waals surface area contributed by atoms with E-state index in [9.17, 15) is 4.79 Å². The summed E-state index contributed by atoms with van der Waals surface area (Å²) in [6.45, 7) is 0.666. The van der Waals surface area contributed by atoms with E-state index in [0.29, 0.717) is 12.1 Å². The maximum Gasteiger partial charge on any atom is 0.254 e. The van der Waals surface area contributed by atoms with Gasteiger partial charge in [-0.05, 0) is 41.6 Å². The van der Waals surface area contributed by atoms with E-state index in [1.54, 1.807) is 29.7 Å². The van der Waals surface area contributed by atoms with Crippen molar-refractivity contribution in [1.82, 2.24) is 14.9 Å². The second-order valence-corrected chi connectivity index (χ2v) is 5.23. The van der Waals surface area contributed by atoms with Gasteiger partial charge in [0, 0.05) is 49.3 Å². The second-order valence-electron chi connectivity index (χ2n) is 5.23. The summed E-state index contributed by atoms with van der Waals surface area (Å²) >= 11 is 0. The minimum atomic E-state index is 0.0210. The van der Waals surface area contributed by atoms with Crippen LogP contribution in [0.15, 0.2) is 61.2 Å². The summed E-state index contributed by atoms with van der Waals surface area (Å²) < 4.78 is 0. The molecule has 0 fully saturated rings. The third-order valence-electron chi connectivity index (χ3n) is 3.75. The lowest BCUT2D eigenvalue weighted by molar-refractivity contribution is 0.0798. The number of nitrogens with zero attached hydrogens (tertiary/aromatic N) is 3. The summed E-state index contributed by atoms with van der Waals surface area (Å²) in [5.74, 6) is 0.0210. The summed E-state index contributed by atoms with van der Waals surface area (Å²) in [6.07, 6.45) is 7.85. The molecule has 0 saturated heterocycles. The fourth-order valence-electron chi connectivity index (χ4n) is 2.45. The number of pyridine rings is 2. The minimum Gasteiger partial charge on any atom is -0.341 e. The van der Waals surface area contributed by atoms with Crippen LogP contribution in [0.2, 0.25) is 0 Å². The monoisotopic (exact) mass is 291 g/mol. The molecular formula is C18H17N3O. The van der Waals surface area contributed by atoms with Crippen LogP contribution in [0.4, 0.5) is 0 Å². The van der Waals surface area contributed by atoms with Crippen LogP contribution in [0.1, 0.15) is 15.9 Å². The summed E-state index contributed by atoms with van der Waals surface area (Å²) in [5.41, 5.74) is 1.87. The Balaban J connectivity index is 1.77. The predicted octanol–water partition coefficient (Wildman–Crippen LogP) is 2.94. The van der Waals surface area contributed by atoms with Gasteiger partial charge in [0.2, 0.25) is 0 Å². The number of hydrogen-bond acceptors (Lipinski definition) is 3. The molecule has 1 aromatic carbocycles. The molecule has 3 aromatic rings. The van der Waals surface area contributed by atoms with Gasteiger partial charge in [0.25, 0.3) is 5.91 Å². The Hall–Kier alpha value is -2.75. The first-order valence-electron chi connectivity index (χ1n) is 7.23. The quantitative estimate of drug-likeness (QED) is 0.742. The third-order valence-corrected chi connectivity index (χ3v) is 3.75. The molecule has 0 atom stereocenters. The van der Waals surface area contributed by atoms with Crippen molar-refractivity contribution in [2.24, 2.45) is 0 Å². The largest absolute Gasteiger partial charge is 0.341 e. The van der Waals surface area contributed by atoms with Gasteiger partial charge < -0.3 is 4.90 Å². The van der Waals surface area contributed by atoms with Crippen molar-refractivity contribution >= 4 is 16.7 Å². The molecule has 3 rings (SSSR count). The normalized spacial score (nSPS) is 10.6. The van der Waals surface area contributed by atoms with Gasteiger partial charge in [-0.1, -0.05) is 12.1 Å². The lowest BCUT2D eigenvalue weighted by Gasteiger charge is -2.18. The number of amides is 1. The molecule has 0 radical (unpaired) electrons. The lowest BCUT2D eigenvalue weighted by atomic mass is 10.1. The average Bonchev–Trinajstić information content (AvgIpc) is 2.59. The molecule has 0 spiro atoms. The van der Waals surface area contributed by atoms with Crippen LogP contribution in [0.3, 0.4) is 0 Å². The minimum absolute atomic E-state index is 0.0210. The number of hydrogen-bond donors (Lipinski definition) is 0. The fourth-order valence-corrected chi connectivity index (χ4v) is 2.45. The first kappa shape index (κ1) is 14.2. The van der Waals surface area contributed by atoms with Crippen LogP contribution < -0.4 is 0 Å². The van der Waals surface area contributed by atoms with Crippen LogP contribution in [0.25, 0.3) is 10.8 Å². The Morgan fingerprint density at radius 1 is 1.05 bits per heavy atom. The van der Waals surface area contributed by atoms with E-state index in [1.807, 2.05) is 43.4 Å². The van der Waals surface area contributed by atoms with Gasteiger partial charge >= 0.3 is 0 Å². The number of likely N-dealkylation sites (N-methyl/N-ethyl adjacent to an activating group) is 1. The topological polar surface area (TPSA) is 46.1 Å². The zero-order valence-electron chi connectivity index (χ0n) is 12.4. The Morgan fingerprint density at radius 2 is 1.82 bits per heavy atom. The molecule has 4 nitrogen and oxygen atoms in total. The zero-order valence-corrected chi connectivity index (χ0v) is 12.4. The van der Waals surface area contributed by atoms with Crippen molar-refractivity contribution in [3.63, 3.8) is 0 Å². The molecule has 0 saturated carbocycles. The summed E-state index contributed by atoms with van der Waals surface area (Å²) in [7, 11) is 1.83. The van der Waals surface area contributed by atoms with Crippen molar-refractivity contribution in [2.75, 3.05) is 13.6 Å². The van der Waals surface area contributed by atoms with Gasteiger partial charge in [0.05, 0.1) is 0 Å². The number of fused-ring (bicyclic) bond motifs is 1. The number of carbonyl (C=O) groups excluding carboxylic acids is 1. The molecular weight excluding hydrogens is 274 g/mol. The van der Waals surface area contributed by atoms with E-state index in [0.717, 1.165) is 17.2 Å². The van der Waals surface area contributed by atoms with Gasteiger partial charge in [-0.15, -0.1) is 0 Å². The molecule has 110 valence electrons. The maximum absolute atomic E-state index is 12.7. The zero-order chi connectivity index (χ0) is 15.4. The van der Waals surface area contributed by atoms with E-state index >= 15 is 0 Å². The number of rotatable bonds is 4. The highest BCUT2D eigenvalue weighted by Crippen LogP contribution is 2.18. The highest BCUT2D eigenvalue weighted by atomic mass is 16.2. The van der Waals surface area contributed by atoms with E-state index in [-0.39, 0.29) is 5.91 Å². The Labute approximate surface area is 129 Å². The summed E-state index contributed by atoms with van der Waals surface area (Å²) in [5, 5.41) is 1.93. The van der Waals surface area contributed by atoms with Crippen molar-refractivity contribution < 1.29 is 4.79 Å². The maximum atomic E-state index is 12.7. The molecule has 0 aliphatic heterocycles. The van der Waals surface area contributed by atoms with Crippen molar-refractivity contribution in [1.29, 1.82) is 0 Å². The highest BCUT2D eigenvalue weighted by molar-refractivity contribution is 6.06. The molecule has 1 amide bonds. The van der Waals surface area contributed by atoms with Crippen LogP contribution in [0.5, 0.6) is 0 Å². The number of aromatic nitrogens is 2. The molecule has 0 aliphatic carbocycles. The lowest BCUT2D eigenvalue weighted by Crippen LogP contribution is -2.29. The molecule has 2 heterocycles. The Kier molecular flexibility index (Phi) is 4.10. The molecule has 22 heavy (non-hydrogen) atoms. The smallest absolute Gasteiger partial charge is 0.254 e. The van der Waals surface area contributed by atoms with Gasteiger partial charge in [-0.25, -0.2) is 0 Å². The van der Waals surface area contributed by atoms with E-state index < -0.39 is 0 Å². The van der Waals surface area contributed by atoms with Crippen LogP contribution in [-0.4, -0.2) is 34.4 Å². The number of carbonyl (C=O) groups is 1. The van der Waals surface area contributed by atoms with E-state index in [1.165, 1.54) is 5.56 Å². The fraction of sp³-hybridized carbons (Fsp3) is 0.167. The van der Waals surface area contributed by atoms with Crippen LogP contribution in [-0.2, 0) is 6.42 Å². The molecule has 0 aliphatic rings. The first-order valence-corrected chi connectivity index (χ1v) is 7.23. The van der Waals surface area contributed by atoms with Crippen LogP contribution >= 0.6 is 0 Å². The van der Waals surface area contributed by atoms with Crippen molar-refractivity contribution in [3.05, 3.63) is 72.3 Å². The Morgan fingerprint density at radius 3 is 2.64 bits per heavy atom. The van der Waals surface area contributed by atoms with Crippen LogP contribution in [0, 0.1) is 0 Å². The van der Waals surface area contributed by atoms with Crippen molar-refractivity contribution in [3.8, 4) is 0 Å². The van der Waals surface area contributed by atoms with E-state index in [4.69, 9.17) is 0 Å². The average molecular weight is 291 g/mol. The Bertz CT molecular complexity index is 781. The molecule has 4 heteroatoms. The van der Waals surface area contributed by atoms with Crippen molar-refractivity contribution in [2.45, 2.75) is 6.42 Å². The standard InChI is InChI=1S/C18H17N3O/c1-21(12-8-14-5-9-19-10-6-14)18(22)16-4-2-3-15-7-11-20-13-17(15)16/h2-7,9-11,13H,8,12H2,1H3. The van der Waals surface area contributed by atoms with Gasteiger partial charge in [-0.2, -0.15) is 0 Å². The van der Waals surface area contributed by atoms with E-state index in [2.05, 4.69) is 9.97 Å². The molecule has 2 aromatic heterocycles. The number of benzene rings is 1. The predicted molar refractivity (Wildman–Crippen MR) is 86.6 cm³/mol. The van der Waals surface area contributed by atoms with Gasteiger partial charge in [0.15, 0.2) is 0 Å². The second kappa shape index (κ2) is 6.35.